The Bertz CT molecular complexity index is 475. The average molecular weight is 298 g/mol. The number of carboxylic acid groups (broad SMARTS) is 1. The molecule has 2 heterocycles. The third-order valence-corrected chi connectivity index (χ3v) is 4.42. The molecule has 6 nitrogen and oxygen atoms in total. The maximum atomic E-state index is 10.8. The second kappa shape index (κ2) is 6.58. The molecule has 1 unspecified atom stereocenters. The Morgan fingerprint density at radius 1 is 1.50 bits per heavy atom. The van der Waals surface area contributed by atoms with Crippen LogP contribution in [0.5, 0.6) is 0 Å². The Hall–Kier alpha value is -1.08. The van der Waals surface area contributed by atoms with Crippen molar-refractivity contribution in [1.82, 2.24) is 19.7 Å². The van der Waals surface area contributed by atoms with Crippen LogP contribution in [0.2, 0.25) is 0 Å². The average Bonchev–Trinajstić information content (AvgIpc) is 2.80. The van der Waals surface area contributed by atoms with Crippen molar-refractivity contribution in [3.63, 3.8) is 0 Å². The molecule has 1 aromatic heterocycles. The highest BCUT2D eigenvalue weighted by atomic mass is 32.2. The lowest BCUT2D eigenvalue weighted by atomic mass is 10.1. The lowest BCUT2D eigenvalue weighted by Crippen LogP contribution is -2.34. The van der Waals surface area contributed by atoms with E-state index in [1.165, 1.54) is 11.8 Å². The number of likely N-dealkylation sites (N-methyl/N-ethyl adjacent to an activating group) is 1. The SMILES string of the molecule is CC(C)c1nnc(SCC(=O)O)n1C1CCCN(C)C1. The van der Waals surface area contributed by atoms with Crippen molar-refractivity contribution in [3.8, 4) is 0 Å². The van der Waals surface area contributed by atoms with Crippen LogP contribution in [0.1, 0.15) is 44.5 Å². The minimum absolute atomic E-state index is 0.0266. The molecule has 1 atom stereocenters. The normalized spacial score (nSPS) is 20.5. The fraction of sp³-hybridized carbons (Fsp3) is 0.769. The number of thioether (sulfide) groups is 1. The molecule has 0 spiro atoms. The smallest absolute Gasteiger partial charge is 0.313 e. The van der Waals surface area contributed by atoms with Gasteiger partial charge in [0.1, 0.15) is 5.82 Å². The zero-order chi connectivity index (χ0) is 14.7. The largest absolute Gasteiger partial charge is 0.481 e. The van der Waals surface area contributed by atoms with Gasteiger partial charge in [0, 0.05) is 12.5 Å². The summed E-state index contributed by atoms with van der Waals surface area (Å²) in [5.41, 5.74) is 0. The van der Waals surface area contributed by atoms with Crippen LogP contribution in [0.3, 0.4) is 0 Å². The monoisotopic (exact) mass is 298 g/mol. The van der Waals surface area contributed by atoms with E-state index in [1.54, 1.807) is 0 Å². The van der Waals surface area contributed by atoms with E-state index in [2.05, 4.69) is 40.6 Å². The second-order valence-corrected chi connectivity index (χ2v) is 6.55. The van der Waals surface area contributed by atoms with E-state index in [4.69, 9.17) is 5.11 Å². The van der Waals surface area contributed by atoms with Gasteiger partial charge in [0.25, 0.3) is 0 Å². The molecule has 112 valence electrons. The molecule has 0 saturated carbocycles. The molecule has 1 aliphatic heterocycles. The number of hydrogen-bond donors (Lipinski definition) is 1. The molecular formula is C13H22N4O2S. The lowest BCUT2D eigenvalue weighted by Gasteiger charge is -2.32. The van der Waals surface area contributed by atoms with Crippen molar-refractivity contribution in [3.05, 3.63) is 5.82 Å². The molecule has 0 aliphatic carbocycles. The number of piperidine rings is 1. The Balaban J connectivity index is 2.26. The predicted octanol–water partition coefficient (Wildman–Crippen LogP) is 1.84. The third-order valence-electron chi connectivity index (χ3n) is 3.50. The Kier molecular flexibility index (Phi) is 5.04. The summed E-state index contributed by atoms with van der Waals surface area (Å²) in [6.45, 7) is 6.28. The molecule has 7 heteroatoms. The first-order valence-corrected chi connectivity index (χ1v) is 7.95. The zero-order valence-electron chi connectivity index (χ0n) is 12.2. The van der Waals surface area contributed by atoms with Crippen LogP contribution in [0.4, 0.5) is 0 Å². The van der Waals surface area contributed by atoms with Gasteiger partial charge >= 0.3 is 5.97 Å². The summed E-state index contributed by atoms with van der Waals surface area (Å²) in [5, 5.41) is 18.1. The molecule has 1 aromatic rings. The Morgan fingerprint density at radius 3 is 2.85 bits per heavy atom. The molecule has 1 fully saturated rings. The molecular weight excluding hydrogens is 276 g/mol. The molecule has 0 aromatic carbocycles. The van der Waals surface area contributed by atoms with E-state index < -0.39 is 5.97 Å². The fourth-order valence-electron chi connectivity index (χ4n) is 2.60. The molecule has 2 rings (SSSR count). The molecule has 1 aliphatic rings. The van der Waals surface area contributed by atoms with Gasteiger partial charge in [0.15, 0.2) is 5.16 Å². The first-order valence-electron chi connectivity index (χ1n) is 6.97. The van der Waals surface area contributed by atoms with E-state index in [0.29, 0.717) is 6.04 Å². The van der Waals surface area contributed by atoms with E-state index in [1.807, 2.05) is 0 Å². The standard InChI is InChI=1S/C13H22N4O2S/c1-9(2)12-14-15-13(20-8-11(18)19)17(12)10-5-4-6-16(3)7-10/h9-10H,4-8H2,1-3H3,(H,18,19). The summed E-state index contributed by atoms with van der Waals surface area (Å²) >= 11 is 1.26. The van der Waals surface area contributed by atoms with E-state index >= 15 is 0 Å². The molecule has 0 bridgehead atoms. The van der Waals surface area contributed by atoms with Gasteiger partial charge in [0.05, 0.1) is 11.8 Å². The van der Waals surface area contributed by atoms with Gasteiger partial charge in [-0.1, -0.05) is 25.6 Å². The minimum atomic E-state index is -0.823. The zero-order valence-corrected chi connectivity index (χ0v) is 13.1. The minimum Gasteiger partial charge on any atom is -0.481 e. The number of aliphatic carboxylic acids is 1. The van der Waals surface area contributed by atoms with Crippen LogP contribution < -0.4 is 0 Å². The molecule has 20 heavy (non-hydrogen) atoms. The van der Waals surface area contributed by atoms with E-state index in [-0.39, 0.29) is 11.7 Å². The maximum absolute atomic E-state index is 10.8. The van der Waals surface area contributed by atoms with Crippen molar-refractivity contribution < 1.29 is 9.90 Å². The summed E-state index contributed by atoms with van der Waals surface area (Å²) in [4.78, 5) is 13.1. The molecule has 0 amide bonds. The number of rotatable bonds is 5. The summed E-state index contributed by atoms with van der Waals surface area (Å²) in [7, 11) is 2.12. The van der Waals surface area contributed by atoms with Crippen molar-refractivity contribution >= 4 is 17.7 Å². The number of likely N-dealkylation sites (tertiary alicyclic amines) is 1. The number of hydrogen-bond acceptors (Lipinski definition) is 5. The first kappa shape index (κ1) is 15.3. The van der Waals surface area contributed by atoms with Gasteiger partial charge in [-0.15, -0.1) is 10.2 Å². The predicted molar refractivity (Wildman–Crippen MR) is 78.2 cm³/mol. The van der Waals surface area contributed by atoms with Crippen LogP contribution in [-0.2, 0) is 4.79 Å². The summed E-state index contributed by atoms with van der Waals surface area (Å²) in [6.07, 6.45) is 2.25. The van der Waals surface area contributed by atoms with Gasteiger partial charge in [-0.25, -0.2) is 0 Å². The Labute approximate surface area is 123 Å². The van der Waals surface area contributed by atoms with Gasteiger partial charge in [-0.05, 0) is 26.4 Å². The summed E-state index contributed by atoms with van der Waals surface area (Å²) < 4.78 is 2.16. The van der Waals surface area contributed by atoms with Crippen LogP contribution in [0.15, 0.2) is 5.16 Å². The van der Waals surface area contributed by atoms with Crippen molar-refractivity contribution in [2.24, 2.45) is 0 Å². The topological polar surface area (TPSA) is 71.2 Å². The number of carboxylic acids is 1. The highest BCUT2D eigenvalue weighted by molar-refractivity contribution is 7.99. The second-order valence-electron chi connectivity index (χ2n) is 5.61. The third kappa shape index (κ3) is 3.52. The van der Waals surface area contributed by atoms with Crippen LogP contribution in [-0.4, -0.2) is 56.6 Å². The maximum Gasteiger partial charge on any atom is 0.313 e. The quantitative estimate of drug-likeness (QED) is 0.836. The van der Waals surface area contributed by atoms with Crippen molar-refractivity contribution in [1.29, 1.82) is 0 Å². The van der Waals surface area contributed by atoms with Crippen LogP contribution in [0.25, 0.3) is 0 Å². The fourth-order valence-corrected chi connectivity index (χ4v) is 3.33. The molecule has 1 N–H and O–H groups in total. The highest BCUT2D eigenvalue weighted by Crippen LogP contribution is 2.30. The molecule has 0 radical (unpaired) electrons. The number of nitrogens with zero attached hydrogens (tertiary/aromatic N) is 4. The summed E-state index contributed by atoms with van der Waals surface area (Å²) in [6, 6.07) is 0.345. The van der Waals surface area contributed by atoms with Crippen LogP contribution in [0, 0.1) is 0 Å². The number of aromatic nitrogens is 3. The van der Waals surface area contributed by atoms with Crippen molar-refractivity contribution in [2.45, 2.75) is 43.8 Å². The van der Waals surface area contributed by atoms with E-state index in [0.717, 1.165) is 36.9 Å². The first-order chi connectivity index (χ1) is 9.49. The number of carbonyl (C=O) groups is 1. The van der Waals surface area contributed by atoms with Gasteiger partial charge in [0.2, 0.25) is 0 Å². The Morgan fingerprint density at radius 2 is 2.25 bits per heavy atom. The van der Waals surface area contributed by atoms with Gasteiger partial charge < -0.3 is 14.6 Å². The van der Waals surface area contributed by atoms with Crippen LogP contribution >= 0.6 is 11.8 Å². The summed E-state index contributed by atoms with van der Waals surface area (Å²) in [5.74, 6) is 0.446. The molecule has 1 saturated heterocycles. The van der Waals surface area contributed by atoms with E-state index in [9.17, 15) is 4.79 Å². The highest BCUT2D eigenvalue weighted by Gasteiger charge is 2.26. The van der Waals surface area contributed by atoms with Gasteiger partial charge in [-0.3, -0.25) is 4.79 Å². The lowest BCUT2D eigenvalue weighted by molar-refractivity contribution is -0.133. The van der Waals surface area contributed by atoms with Gasteiger partial charge in [-0.2, -0.15) is 0 Å². The van der Waals surface area contributed by atoms with Crippen molar-refractivity contribution in [2.75, 3.05) is 25.9 Å².